The number of hydrogen-bond acceptors (Lipinski definition) is 3. The summed E-state index contributed by atoms with van der Waals surface area (Å²) in [5.74, 6) is -0.841. The Morgan fingerprint density at radius 1 is 1.50 bits per heavy atom. The molecule has 3 atom stereocenters. The molecule has 1 amide bonds. The van der Waals surface area contributed by atoms with Crippen LogP contribution in [0.15, 0.2) is 22.9 Å². The first-order valence-electron chi connectivity index (χ1n) is 7.07. The highest BCUT2D eigenvalue weighted by Crippen LogP contribution is 2.52. The zero-order chi connectivity index (χ0) is 14.4. The van der Waals surface area contributed by atoms with Gasteiger partial charge in [0, 0.05) is 24.5 Å². The number of nitrogens with zero attached hydrogens (tertiary/aromatic N) is 1. The van der Waals surface area contributed by atoms with E-state index in [-0.39, 0.29) is 29.5 Å². The van der Waals surface area contributed by atoms with Gasteiger partial charge in [-0.3, -0.25) is 9.69 Å². The second-order valence-corrected chi connectivity index (χ2v) is 5.66. The predicted molar refractivity (Wildman–Crippen MR) is 71.8 cm³/mol. The van der Waals surface area contributed by atoms with Crippen molar-refractivity contribution in [3.05, 3.63) is 22.9 Å². The molecule has 3 aliphatic rings. The van der Waals surface area contributed by atoms with Crippen molar-refractivity contribution in [2.24, 2.45) is 11.8 Å². The summed E-state index contributed by atoms with van der Waals surface area (Å²) < 4.78 is 5.24. The fourth-order valence-electron chi connectivity index (χ4n) is 4.03. The van der Waals surface area contributed by atoms with Crippen molar-refractivity contribution in [1.29, 1.82) is 0 Å². The van der Waals surface area contributed by atoms with E-state index in [2.05, 4.69) is 0 Å². The first-order valence-corrected chi connectivity index (χ1v) is 7.07. The highest BCUT2D eigenvalue weighted by Gasteiger charge is 2.57. The molecule has 5 nitrogen and oxygen atoms in total. The standard InChI is InChI=1S/C15H19NO4/c1-3-9-12-10-6-4-5-8(7-20-2)11(10)13(15(18)19)16(12)14(9)17/h3,8,10,12H,4-7H2,1-2H3,(H,18,19)/b9-3+/t8-,10+,12-/m0/s1. The number of carboxylic acid groups (broad SMARTS) is 1. The summed E-state index contributed by atoms with van der Waals surface area (Å²) >= 11 is 0. The fourth-order valence-corrected chi connectivity index (χ4v) is 4.03. The maximum atomic E-state index is 12.1. The maximum Gasteiger partial charge on any atom is 0.352 e. The molecular formula is C15H19NO4. The van der Waals surface area contributed by atoms with Crippen LogP contribution >= 0.6 is 0 Å². The summed E-state index contributed by atoms with van der Waals surface area (Å²) in [4.78, 5) is 25.2. The van der Waals surface area contributed by atoms with E-state index < -0.39 is 5.97 Å². The number of ether oxygens (including phenoxy) is 1. The van der Waals surface area contributed by atoms with Crippen LogP contribution in [0.4, 0.5) is 0 Å². The molecule has 2 fully saturated rings. The van der Waals surface area contributed by atoms with Crippen molar-refractivity contribution in [3.8, 4) is 0 Å². The van der Waals surface area contributed by atoms with Crippen LogP contribution in [-0.2, 0) is 14.3 Å². The molecule has 1 N–H and O–H groups in total. The summed E-state index contributed by atoms with van der Waals surface area (Å²) in [5.41, 5.74) is 1.92. The lowest BCUT2D eigenvalue weighted by Gasteiger charge is -2.42. The van der Waals surface area contributed by atoms with Gasteiger partial charge in [0.1, 0.15) is 5.70 Å². The monoisotopic (exact) mass is 277 g/mol. The molecule has 1 saturated carbocycles. The first kappa shape index (κ1) is 13.4. The Kier molecular flexibility index (Phi) is 3.17. The van der Waals surface area contributed by atoms with Crippen LogP contribution in [0, 0.1) is 11.8 Å². The smallest absolute Gasteiger partial charge is 0.352 e. The molecule has 2 aliphatic heterocycles. The minimum Gasteiger partial charge on any atom is -0.477 e. The summed E-state index contributed by atoms with van der Waals surface area (Å²) in [5, 5.41) is 9.52. The average Bonchev–Trinajstić information content (AvgIpc) is 2.72. The summed E-state index contributed by atoms with van der Waals surface area (Å²) in [6.07, 6.45) is 4.78. The number of rotatable bonds is 3. The van der Waals surface area contributed by atoms with E-state index in [9.17, 15) is 14.7 Å². The topological polar surface area (TPSA) is 66.8 Å². The zero-order valence-electron chi connectivity index (χ0n) is 11.8. The summed E-state index contributed by atoms with van der Waals surface area (Å²) in [6, 6.07) is -0.0479. The van der Waals surface area contributed by atoms with E-state index in [0.717, 1.165) is 30.4 Å². The van der Waals surface area contributed by atoms with Gasteiger partial charge in [-0.2, -0.15) is 0 Å². The second kappa shape index (κ2) is 4.74. The minimum absolute atomic E-state index is 0.0479. The molecule has 0 bridgehead atoms. The van der Waals surface area contributed by atoms with Gasteiger partial charge in [-0.15, -0.1) is 0 Å². The molecule has 1 saturated heterocycles. The van der Waals surface area contributed by atoms with E-state index in [1.54, 1.807) is 7.11 Å². The quantitative estimate of drug-likeness (QED) is 0.628. The number of allylic oxidation sites excluding steroid dienone is 1. The molecule has 0 unspecified atom stereocenters. The fraction of sp³-hybridized carbons (Fsp3) is 0.600. The summed E-state index contributed by atoms with van der Waals surface area (Å²) in [7, 11) is 1.64. The van der Waals surface area contributed by atoms with Gasteiger partial charge in [0.15, 0.2) is 0 Å². The van der Waals surface area contributed by atoms with Crippen molar-refractivity contribution >= 4 is 11.9 Å². The Morgan fingerprint density at radius 2 is 2.25 bits per heavy atom. The third-order valence-electron chi connectivity index (χ3n) is 4.75. The van der Waals surface area contributed by atoms with Gasteiger partial charge in [-0.1, -0.05) is 12.5 Å². The van der Waals surface area contributed by atoms with Crippen LogP contribution < -0.4 is 0 Å². The van der Waals surface area contributed by atoms with Crippen LogP contribution in [-0.4, -0.2) is 41.6 Å². The largest absolute Gasteiger partial charge is 0.477 e. The summed E-state index contributed by atoms with van der Waals surface area (Å²) in [6.45, 7) is 2.38. The van der Waals surface area contributed by atoms with Crippen LogP contribution in [0.25, 0.3) is 0 Å². The third-order valence-corrected chi connectivity index (χ3v) is 4.75. The molecule has 5 heteroatoms. The van der Waals surface area contributed by atoms with Gasteiger partial charge in [-0.05, 0) is 25.3 Å². The molecule has 0 aromatic heterocycles. The number of carbonyl (C=O) groups excluding carboxylic acids is 1. The highest BCUT2D eigenvalue weighted by atomic mass is 16.5. The SMILES string of the molecule is C/C=C1/C(=O)N2C(C(=O)O)=C3[C@H](COC)CCC[C@H]3[C@H]12. The minimum atomic E-state index is -0.987. The van der Waals surface area contributed by atoms with Crippen LogP contribution in [0.3, 0.4) is 0 Å². The number of fused-ring (bicyclic) bond motifs is 3. The Balaban J connectivity index is 2.06. The van der Waals surface area contributed by atoms with Crippen LogP contribution in [0.5, 0.6) is 0 Å². The molecule has 2 heterocycles. The number of β-lactam (4-membered cyclic amide) rings is 1. The van der Waals surface area contributed by atoms with Gasteiger partial charge in [0.2, 0.25) is 0 Å². The average molecular weight is 277 g/mol. The van der Waals surface area contributed by atoms with Gasteiger partial charge < -0.3 is 9.84 Å². The number of amides is 1. The van der Waals surface area contributed by atoms with Crippen molar-refractivity contribution < 1.29 is 19.4 Å². The van der Waals surface area contributed by atoms with E-state index in [0.29, 0.717) is 6.61 Å². The number of methoxy groups -OCH3 is 1. The third kappa shape index (κ3) is 1.59. The van der Waals surface area contributed by atoms with Crippen molar-refractivity contribution in [2.45, 2.75) is 32.2 Å². The normalized spacial score (nSPS) is 34.1. The number of hydrogen-bond donors (Lipinski definition) is 1. The lowest BCUT2D eigenvalue weighted by molar-refractivity contribution is -0.142. The molecule has 0 aromatic rings. The first-order chi connectivity index (χ1) is 9.61. The Hall–Kier alpha value is -1.62. The van der Waals surface area contributed by atoms with E-state index in [4.69, 9.17) is 4.74 Å². The Labute approximate surface area is 117 Å². The molecule has 0 radical (unpaired) electrons. The van der Waals surface area contributed by atoms with Crippen molar-refractivity contribution in [2.75, 3.05) is 13.7 Å². The van der Waals surface area contributed by atoms with Crippen LogP contribution in [0.1, 0.15) is 26.2 Å². The highest BCUT2D eigenvalue weighted by molar-refractivity contribution is 6.09. The lowest BCUT2D eigenvalue weighted by Crippen LogP contribution is -2.54. The number of carbonyl (C=O) groups is 2. The molecule has 0 aromatic carbocycles. The molecule has 0 spiro atoms. The van der Waals surface area contributed by atoms with Gasteiger partial charge >= 0.3 is 5.97 Å². The van der Waals surface area contributed by atoms with Gasteiger partial charge in [0.25, 0.3) is 5.91 Å². The van der Waals surface area contributed by atoms with Crippen LogP contribution in [0.2, 0.25) is 0 Å². The Morgan fingerprint density at radius 3 is 2.85 bits per heavy atom. The molecule has 108 valence electrons. The van der Waals surface area contributed by atoms with E-state index in [1.807, 2.05) is 13.0 Å². The second-order valence-electron chi connectivity index (χ2n) is 5.66. The number of carboxylic acids is 1. The van der Waals surface area contributed by atoms with E-state index in [1.165, 1.54) is 4.90 Å². The van der Waals surface area contributed by atoms with Crippen molar-refractivity contribution in [3.63, 3.8) is 0 Å². The van der Waals surface area contributed by atoms with Gasteiger partial charge in [-0.25, -0.2) is 4.79 Å². The van der Waals surface area contributed by atoms with E-state index >= 15 is 0 Å². The molecular weight excluding hydrogens is 258 g/mol. The van der Waals surface area contributed by atoms with Gasteiger partial charge in [0.05, 0.1) is 12.6 Å². The number of aliphatic carboxylic acids is 1. The molecule has 3 rings (SSSR count). The zero-order valence-corrected chi connectivity index (χ0v) is 11.8. The predicted octanol–water partition coefficient (Wildman–Crippen LogP) is 1.56. The van der Waals surface area contributed by atoms with Crippen molar-refractivity contribution in [1.82, 2.24) is 4.90 Å². The molecule has 20 heavy (non-hydrogen) atoms. The maximum absolute atomic E-state index is 12.1. The Bertz CT molecular complexity index is 532. The molecule has 1 aliphatic carbocycles. The lowest BCUT2D eigenvalue weighted by atomic mass is 9.72.